The maximum absolute atomic E-state index is 12.9. The van der Waals surface area contributed by atoms with E-state index in [0.717, 1.165) is 16.7 Å². The number of hydrogen-bond acceptors (Lipinski definition) is 4. The van der Waals surface area contributed by atoms with E-state index < -0.39 is 0 Å². The largest absolute Gasteiger partial charge is 0.311 e. The van der Waals surface area contributed by atoms with Crippen LogP contribution in [-0.2, 0) is 4.79 Å². The summed E-state index contributed by atoms with van der Waals surface area (Å²) in [6, 6.07) is 28.1. The highest BCUT2D eigenvalue weighted by Crippen LogP contribution is 2.24. The Kier molecular flexibility index (Phi) is 6.87. The number of hydrogen-bond donors (Lipinski definition) is 1. The number of carbonyl (C=O) groups is 3. The molecular formula is C31H23N3O3. The van der Waals surface area contributed by atoms with Crippen LogP contribution in [0.2, 0.25) is 0 Å². The Balaban J connectivity index is 1.15. The predicted octanol–water partition coefficient (Wildman–Crippen LogP) is 5.16. The van der Waals surface area contributed by atoms with Crippen molar-refractivity contribution in [3.05, 3.63) is 119 Å². The van der Waals surface area contributed by atoms with Gasteiger partial charge in [0.05, 0.1) is 11.1 Å². The summed E-state index contributed by atoms with van der Waals surface area (Å²) in [7, 11) is 0. The van der Waals surface area contributed by atoms with Crippen LogP contribution in [0.3, 0.4) is 0 Å². The van der Waals surface area contributed by atoms with Gasteiger partial charge in [-0.15, -0.1) is 0 Å². The second kappa shape index (κ2) is 10.7. The van der Waals surface area contributed by atoms with E-state index in [2.05, 4.69) is 22.1 Å². The predicted molar refractivity (Wildman–Crippen MR) is 142 cm³/mol. The van der Waals surface area contributed by atoms with Gasteiger partial charge in [0, 0.05) is 35.9 Å². The number of nitrogens with zero attached hydrogens (tertiary/aromatic N) is 2. The molecule has 4 aromatic rings. The maximum Gasteiger partial charge on any atom is 0.261 e. The Hall–Kier alpha value is -5.02. The molecule has 0 saturated heterocycles. The van der Waals surface area contributed by atoms with Gasteiger partial charge in [0.15, 0.2) is 0 Å². The van der Waals surface area contributed by atoms with Crippen LogP contribution < -0.4 is 5.32 Å². The zero-order chi connectivity index (χ0) is 25.6. The summed E-state index contributed by atoms with van der Waals surface area (Å²) in [5, 5.41) is 2.77. The van der Waals surface area contributed by atoms with Gasteiger partial charge in [0.2, 0.25) is 5.91 Å². The van der Waals surface area contributed by atoms with Gasteiger partial charge in [-0.3, -0.25) is 19.3 Å². The van der Waals surface area contributed by atoms with Gasteiger partial charge >= 0.3 is 0 Å². The summed E-state index contributed by atoms with van der Waals surface area (Å²) in [4.78, 5) is 43.6. The van der Waals surface area contributed by atoms with Crippen molar-refractivity contribution in [3.63, 3.8) is 0 Å². The number of benzene rings is 3. The van der Waals surface area contributed by atoms with Crippen molar-refractivity contribution in [2.45, 2.75) is 12.8 Å². The Morgan fingerprint density at radius 1 is 0.757 bits per heavy atom. The zero-order valence-corrected chi connectivity index (χ0v) is 20.0. The van der Waals surface area contributed by atoms with E-state index in [1.807, 2.05) is 66.7 Å². The van der Waals surface area contributed by atoms with E-state index in [0.29, 0.717) is 28.9 Å². The molecule has 5 rings (SSSR count). The van der Waals surface area contributed by atoms with Crippen LogP contribution in [-0.4, -0.2) is 34.2 Å². The van der Waals surface area contributed by atoms with Gasteiger partial charge in [-0.1, -0.05) is 60.4 Å². The first-order chi connectivity index (χ1) is 18.1. The molecular weight excluding hydrogens is 462 g/mol. The molecule has 0 bridgehead atoms. The smallest absolute Gasteiger partial charge is 0.261 e. The molecule has 0 unspecified atom stereocenters. The highest BCUT2D eigenvalue weighted by Gasteiger charge is 2.35. The lowest BCUT2D eigenvalue weighted by atomic mass is 10.1. The normalized spacial score (nSPS) is 12.1. The van der Waals surface area contributed by atoms with E-state index >= 15 is 0 Å². The minimum absolute atomic E-state index is 0.156. The summed E-state index contributed by atoms with van der Waals surface area (Å²) < 4.78 is 0. The van der Waals surface area contributed by atoms with Crippen molar-refractivity contribution in [1.29, 1.82) is 0 Å². The van der Waals surface area contributed by atoms with Crippen molar-refractivity contribution < 1.29 is 14.4 Å². The van der Waals surface area contributed by atoms with Crippen molar-refractivity contribution in [3.8, 4) is 23.0 Å². The molecule has 1 aliphatic rings. The number of rotatable bonds is 6. The third kappa shape index (κ3) is 5.47. The molecule has 37 heavy (non-hydrogen) atoms. The SMILES string of the molecule is O=C(CCCN1C(=O)c2ccc(C#Cc3ccccc3)cc2C1=O)Nc1ccc(-c2ccccc2)cn1. The molecule has 0 radical (unpaired) electrons. The number of nitrogens with one attached hydrogen (secondary N) is 1. The second-order valence-electron chi connectivity index (χ2n) is 8.59. The van der Waals surface area contributed by atoms with Crippen LogP contribution in [0, 0.1) is 11.8 Å². The molecule has 1 aliphatic heterocycles. The molecule has 1 N–H and O–H groups in total. The Labute approximate surface area is 215 Å². The fourth-order valence-electron chi connectivity index (χ4n) is 4.11. The highest BCUT2D eigenvalue weighted by atomic mass is 16.2. The van der Waals surface area contributed by atoms with E-state index in [-0.39, 0.29) is 30.7 Å². The van der Waals surface area contributed by atoms with E-state index in [4.69, 9.17) is 0 Å². The monoisotopic (exact) mass is 485 g/mol. The summed E-state index contributed by atoms with van der Waals surface area (Å²) in [6.45, 7) is 0.158. The van der Waals surface area contributed by atoms with Crippen LogP contribution in [0.1, 0.15) is 44.7 Å². The molecule has 180 valence electrons. The van der Waals surface area contributed by atoms with E-state index in [1.54, 1.807) is 30.5 Å². The lowest BCUT2D eigenvalue weighted by Crippen LogP contribution is -2.31. The van der Waals surface area contributed by atoms with E-state index in [1.165, 1.54) is 4.90 Å². The van der Waals surface area contributed by atoms with Crippen molar-refractivity contribution in [2.24, 2.45) is 0 Å². The minimum atomic E-state index is -0.359. The fourth-order valence-corrected chi connectivity index (χ4v) is 4.11. The topological polar surface area (TPSA) is 79.4 Å². The van der Waals surface area contributed by atoms with Crippen molar-refractivity contribution >= 4 is 23.5 Å². The summed E-state index contributed by atoms with van der Waals surface area (Å²) in [5.74, 6) is 5.62. The Morgan fingerprint density at radius 3 is 2.19 bits per heavy atom. The third-order valence-electron chi connectivity index (χ3n) is 6.02. The molecule has 2 heterocycles. The molecule has 0 atom stereocenters. The summed E-state index contributed by atoms with van der Waals surface area (Å²) >= 11 is 0. The average Bonchev–Trinajstić information content (AvgIpc) is 3.17. The van der Waals surface area contributed by atoms with Gasteiger partial charge in [-0.2, -0.15) is 0 Å². The van der Waals surface area contributed by atoms with Crippen LogP contribution in [0.4, 0.5) is 5.82 Å². The standard InChI is InChI=1S/C31H23N3O3/c35-29(33-28-18-16-25(21-32-28)24-10-5-2-6-11-24)12-7-19-34-30(36)26-17-15-23(20-27(26)31(34)37)14-13-22-8-3-1-4-9-22/h1-6,8-11,15-18,20-21H,7,12,19H2,(H,32,33,35). The third-order valence-corrected chi connectivity index (χ3v) is 6.02. The maximum atomic E-state index is 12.9. The van der Waals surface area contributed by atoms with Gasteiger partial charge in [0.1, 0.15) is 5.82 Å². The molecule has 0 saturated carbocycles. The quantitative estimate of drug-likeness (QED) is 0.302. The second-order valence-corrected chi connectivity index (χ2v) is 8.59. The van der Waals surface area contributed by atoms with Gasteiger partial charge in [0.25, 0.3) is 11.8 Å². The number of imide groups is 1. The van der Waals surface area contributed by atoms with Crippen LogP contribution >= 0.6 is 0 Å². The lowest BCUT2D eigenvalue weighted by Gasteiger charge is -2.13. The number of pyridine rings is 1. The first-order valence-corrected chi connectivity index (χ1v) is 12.0. The minimum Gasteiger partial charge on any atom is -0.311 e. The number of fused-ring (bicyclic) bond motifs is 1. The Bertz CT molecular complexity index is 1520. The van der Waals surface area contributed by atoms with Crippen LogP contribution in [0.5, 0.6) is 0 Å². The first-order valence-electron chi connectivity index (χ1n) is 12.0. The summed E-state index contributed by atoms with van der Waals surface area (Å²) in [6.07, 6.45) is 2.21. The van der Waals surface area contributed by atoms with E-state index in [9.17, 15) is 14.4 Å². The molecule has 3 amide bonds. The van der Waals surface area contributed by atoms with Crippen molar-refractivity contribution in [1.82, 2.24) is 9.88 Å². The molecule has 0 aliphatic carbocycles. The first kappa shape index (κ1) is 23.7. The number of amides is 3. The van der Waals surface area contributed by atoms with Crippen LogP contribution in [0.25, 0.3) is 11.1 Å². The fraction of sp³-hybridized carbons (Fsp3) is 0.0968. The number of aromatic nitrogens is 1. The highest BCUT2D eigenvalue weighted by molar-refractivity contribution is 6.21. The van der Waals surface area contributed by atoms with Gasteiger partial charge in [-0.25, -0.2) is 4.98 Å². The van der Waals surface area contributed by atoms with Gasteiger partial charge < -0.3 is 5.32 Å². The summed E-state index contributed by atoms with van der Waals surface area (Å²) in [5.41, 5.74) is 4.24. The number of carbonyl (C=O) groups excluding carboxylic acids is 3. The molecule has 1 aromatic heterocycles. The molecule has 6 heteroatoms. The lowest BCUT2D eigenvalue weighted by molar-refractivity contribution is -0.116. The van der Waals surface area contributed by atoms with Crippen LogP contribution in [0.15, 0.2) is 97.2 Å². The Morgan fingerprint density at radius 2 is 1.46 bits per heavy atom. The zero-order valence-electron chi connectivity index (χ0n) is 20.0. The number of anilines is 1. The molecule has 6 nitrogen and oxygen atoms in total. The molecule has 3 aromatic carbocycles. The molecule has 0 spiro atoms. The molecule has 0 fully saturated rings. The van der Waals surface area contributed by atoms with Gasteiger partial charge in [-0.05, 0) is 54.4 Å². The average molecular weight is 486 g/mol. The van der Waals surface area contributed by atoms with Crippen molar-refractivity contribution in [2.75, 3.05) is 11.9 Å².